The molecule has 0 unspecified atom stereocenters. The SMILES string of the molecule is COCC[C@H]1CO[C@H]2CN(Cc3cccnc3)C[C@@H]12.O=C(O)C(F)(F)F.O=C(O)C(F)(F)F. The fourth-order valence-corrected chi connectivity index (χ4v) is 3.33. The van der Waals surface area contributed by atoms with E-state index in [4.69, 9.17) is 29.3 Å². The number of carboxylic acid groups (broad SMARTS) is 2. The maximum Gasteiger partial charge on any atom is 0.490 e. The third-order valence-electron chi connectivity index (χ3n) is 4.82. The number of methoxy groups -OCH3 is 1. The van der Waals surface area contributed by atoms with Crippen LogP contribution in [0.3, 0.4) is 0 Å². The number of alkyl halides is 6. The quantitative estimate of drug-likeness (QED) is 0.607. The number of aromatic nitrogens is 1. The maximum atomic E-state index is 10.6. The third kappa shape index (κ3) is 10.4. The van der Waals surface area contributed by atoms with Gasteiger partial charge in [0.05, 0.1) is 12.7 Å². The van der Waals surface area contributed by atoms with E-state index < -0.39 is 24.3 Å². The number of hydrogen-bond acceptors (Lipinski definition) is 6. The van der Waals surface area contributed by atoms with Crippen molar-refractivity contribution in [3.8, 4) is 0 Å². The molecule has 0 radical (unpaired) electrons. The van der Waals surface area contributed by atoms with E-state index in [0.717, 1.165) is 39.3 Å². The zero-order valence-electron chi connectivity index (χ0n) is 17.5. The first-order valence-corrected chi connectivity index (χ1v) is 9.57. The minimum Gasteiger partial charge on any atom is -0.475 e. The van der Waals surface area contributed by atoms with Gasteiger partial charge >= 0.3 is 24.3 Å². The maximum absolute atomic E-state index is 10.6. The van der Waals surface area contributed by atoms with Crippen LogP contribution in [-0.4, -0.2) is 83.9 Å². The Morgan fingerprint density at radius 1 is 1.15 bits per heavy atom. The first-order chi connectivity index (χ1) is 15.3. The molecule has 1 aromatic heterocycles. The topological polar surface area (TPSA) is 109 Å². The lowest BCUT2D eigenvalue weighted by Crippen LogP contribution is -2.24. The van der Waals surface area contributed by atoms with E-state index in [0.29, 0.717) is 17.9 Å². The highest BCUT2D eigenvalue weighted by Crippen LogP contribution is 2.35. The normalized spacial score (nSPS) is 22.5. The lowest BCUT2D eigenvalue weighted by molar-refractivity contribution is -0.193. The van der Waals surface area contributed by atoms with Gasteiger partial charge in [-0.3, -0.25) is 9.88 Å². The highest BCUT2D eigenvalue weighted by atomic mass is 19.4. The Labute approximate surface area is 185 Å². The molecular weight excluding hydrogens is 466 g/mol. The van der Waals surface area contributed by atoms with Crippen LogP contribution < -0.4 is 0 Å². The summed E-state index contributed by atoms with van der Waals surface area (Å²) >= 11 is 0. The number of nitrogens with zero attached hydrogens (tertiary/aromatic N) is 2. The van der Waals surface area contributed by atoms with Crippen molar-refractivity contribution < 1.29 is 55.6 Å². The second-order valence-corrected chi connectivity index (χ2v) is 7.24. The van der Waals surface area contributed by atoms with E-state index in [1.807, 2.05) is 18.5 Å². The van der Waals surface area contributed by atoms with Crippen LogP contribution in [0.15, 0.2) is 24.5 Å². The van der Waals surface area contributed by atoms with Gasteiger partial charge in [-0.2, -0.15) is 26.3 Å². The number of aliphatic carboxylic acids is 2. The Balaban J connectivity index is 0.000000324. The lowest BCUT2D eigenvalue weighted by atomic mass is 9.91. The van der Waals surface area contributed by atoms with Crippen LogP contribution in [0.5, 0.6) is 0 Å². The molecule has 3 rings (SSSR count). The predicted octanol–water partition coefficient (Wildman–Crippen LogP) is 2.83. The summed E-state index contributed by atoms with van der Waals surface area (Å²) in [6, 6.07) is 4.15. The summed E-state index contributed by atoms with van der Waals surface area (Å²) in [5.41, 5.74) is 1.29. The zero-order chi connectivity index (χ0) is 25.2. The van der Waals surface area contributed by atoms with Gasteiger partial charge in [-0.05, 0) is 24.0 Å². The van der Waals surface area contributed by atoms with Gasteiger partial charge in [-0.25, -0.2) is 9.59 Å². The number of fused-ring (bicyclic) bond motifs is 1. The molecule has 188 valence electrons. The number of likely N-dealkylation sites (tertiary alicyclic amines) is 1. The van der Waals surface area contributed by atoms with Crippen LogP contribution in [0.25, 0.3) is 0 Å². The van der Waals surface area contributed by atoms with Crippen LogP contribution in [-0.2, 0) is 25.6 Å². The largest absolute Gasteiger partial charge is 0.490 e. The number of carboxylic acids is 2. The fourth-order valence-electron chi connectivity index (χ4n) is 3.33. The molecule has 14 heteroatoms. The number of ether oxygens (including phenoxy) is 2. The van der Waals surface area contributed by atoms with E-state index in [-0.39, 0.29) is 0 Å². The molecule has 2 fully saturated rings. The van der Waals surface area contributed by atoms with Gasteiger partial charge in [0.25, 0.3) is 0 Å². The Morgan fingerprint density at radius 2 is 1.73 bits per heavy atom. The summed E-state index contributed by atoms with van der Waals surface area (Å²) in [6.07, 6.45) is -4.83. The summed E-state index contributed by atoms with van der Waals surface area (Å²) in [5.74, 6) is -4.16. The fraction of sp³-hybridized carbons (Fsp3) is 0.632. The standard InChI is InChI=1S/C15H22N2O2.2C2HF3O2/c1-18-6-4-13-11-19-15-10-17(9-14(13)15)8-12-3-2-5-16-7-12;2*3-2(4,5)1(6)7/h2-3,5,7,13-15H,4,6,8-11H2,1H3;2*(H,6,7)/t13-,14-,15-;;/m0../s1. The van der Waals surface area contributed by atoms with Gasteiger partial charge in [-0.1, -0.05) is 6.07 Å². The van der Waals surface area contributed by atoms with Gasteiger partial charge in [0.15, 0.2) is 0 Å². The molecule has 2 aliphatic heterocycles. The number of hydrogen-bond donors (Lipinski definition) is 2. The Morgan fingerprint density at radius 3 is 2.18 bits per heavy atom. The molecule has 0 amide bonds. The van der Waals surface area contributed by atoms with Gasteiger partial charge in [-0.15, -0.1) is 0 Å². The number of pyridine rings is 1. The van der Waals surface area contributed by atoms with E-state index >= 15 is 0 Å². The van der Waals surface area contributed by atoms with Crippen molar-refractivity contribution >= 4 is 11.9 Å². The molecule has 2 saturated heterocycles. The number of halogens is 6. The summed E-state index contributed by atoms with van der Waals surface area (Å²) in [6.45, 7) is 4.96. The molecule has 3 atom stereocenters. The molecule has 0 spiro atoms. The average molecular weight is 490 g/mol. The van der Waals surface area contributed by atoms with Crippen LogP contribution >= 0.6 is 0 Å². The first-order valence-electron chi connectivity index (χ1n) is 9.57. The first kappa shape index (κ1) is 28.6. The minimum atomic E-state index is -5.08. The molecule has 0 saturated carbocycles. The zero-order valence-corrected chi connectivity index (χ0v) is 17.5. The van der Waals surface area contributed by atoms with E-state index in [9.17, 15) is 26.3 Å². The monoisotopic (exact) mass is 490 g/mol. The Bertz CT molecular complexity index is 723. The van der Waals surface area contributed by atoms with Crippen molar-refractivity contribution in [2.24, 2.45) is 11.8 Å². The molecule has 3 heterocycles. The second-order valence-electron chi connectivity index (χ2n) is 7.24. The summed E-state index contributed by atoms with van der Waals surface area (Å²) in [4.78, 5) is 24.5. The van der Waals surface area contributed by atoms with Gasteiger partial charge in [0.1, 0.15) is 0 Å². The lowest BCUT2D eigenvalue weighted by Gasteiger charge is -2.19. The molecule has 0 bridgehead atoms. The van der Waals surface area contributed by atoms with Crippen molar-refractivity contribution in [1.82, 2.24) is 9.88 Å². The summed E-state index contributed by atoms with van der Waals surface area (Å²) in [7, 11) is 1.77. The molecule has 0 aromatic carbocycles. The molecule has 0 aliphatic carbocycles. The van der Waals surface area contributed by atoms with E-state index in [1.54, 1.807) is 7.11 Å². The van der Waals surface area contributed by atoms with Crippen LogP contribution in [0.1, 0.15) is 12.0 Å². The third-order valence-corrected chi connectivity index (χ3v) is 4.82. The molecule has 2 N–H and O–H groups in total. The van der Waals surface area contributed by atoms with Gasteiger partial charge in [0, 0.05) is 51.7 Å². The van der Waals surface area contributed by atoms with Crippen molar-refractivity contribution in [1.29, 1.82) is 0 Å². The summed E-state index contributed by atoms with van der Waals surface area (Å²) in [5, 5.41) is 14.2. The average Bonchev–Trinajstić information content (AvgIpc) is 3.27. The van der Waals surface area contributed by atoms with Crippen molar-refractivity contribution in [2.75, 3.05) is 33.4 Å². The number of rotatable bonds is 5. The molecule has 1 aromatic rings. The molecule has 33 heavy (non-hydrogen) atoms. The van der Waals surface area contributed by atoms with Gasteiger partial charge in [0.2, 0.25) is 0 Å². The molecular formula is C19H24F6N2O6. The van der Waals surface area contributed by atoms with Gasteiger partial charge < -0.3 is 19.7 Å². The Hall–Kier alpha value is -2.45. The minimum absolute atomic E-state index is 0.429. The van der Waals surface area contributed by atoms with Crippen LogP contribution in [0.4, 0.5) is 26.3 Å². The highest BCUT2D eigenvalue weighted by molar-refractivity contribution is 5.73. The van der Waals surface area contributed by atoms with Crippen LogP contribution in [0.2, 0.25) is 0 Å². The van der Waals surface area contributed by atoms with Crippen molar-refractivity contribution in [3.05, 3.63) is 30.1 Å². The highest BCUT2D eigenvalue weighted by Gasteiger charge is 2.43. The van der Waals surface area contributed by atoms with E-state index in [1.165, 1.54) is 5.56 Å². The molecule has 8 nitrogen and oxygen atoms in total. The smallest absolute Gasteiger partial charge is 0.475 e. The second kappa shape index (κ2) is 12.7. The molecule has 2 aliphatic rings. The van der Waals surface area contributed by atoms with Crippen molar-refractivity contribution in [3.63, 3.8) is 0 Å². The number of carbonyl (C=O) groups is 2. The predicted molar refractivity (Wildman–Crippen MR) is 100 cm³/mol. The van der Waals surface area contributed by atoms with Crippen molar-refractivity contribution in [2.45, 2.75) is 31.4 Å². The summed E-state index contributed by atoms with van der Waals surface area (Å²) < 4.78 is 74.6. The Kier molecular flexibility index (Phi) is 11.0. The van der Waals surface area contributed by atoms with Crippen LogP contribution in [0, 0.1) is 11.8 Å². The van der Waals surface area contributed by atoms with E-state index in [2.05, 4.69) is 16.0 Å².